The van der Waals surface area contributed by atoms with Crippen molar-refractivity contribution >= 4 is 10.1 Å². The van der Waals surface area contributed by atoms with Crippen molar-refractivity contribution in [3.05, 3.63) is 0 Å². The molecule has 0 aromatic carbocycles. The zero-order chi connectivity index (χ0) is 6.50. The van der Waals surface area contributed by atoms with Crippen molar-refractivity contribution < 1.29 is 37.6 Å². The van der Waals surface area contributed by atoms with E-state index in [1.807, 2.05) is 0 Å². The van der Waals surface area contributed by atoms with Gasteiger partial charge in [-0.25, -0.2) is 0 Å². The Balaban J connectivity index is 0. The van der Waals surface area contributed by atoms with Crippen LogP contribution in [0, 0.1) is 0 Å². The van der Waals surface area contributed by atoms with E-state index in [9.17, 15) is 11.4 Å². The maximum atomic E-state index is 9.31. The molecule has 0 amide bonds. The third-order valence-corrected chi connectivity index (χ3v) is 0. The Labute approximate surface area is 54.3 Å². The SMILES string of the molecule is CS(=O)(=O)O.[F][Ag]. The summed E-state index contributed by atoms with van der Waals surface area (Å²) in [5, 5.41) is 0. The molecule has 1 N–H and O–H groups in total. The molecule has 50 valence electrons. The Bertz CT molecular complexity index is 98.1. The zero-order valence-corrected chi connectivity index (χ0v) is 5.65. The number of halogens is 1. The molecule has 0 unspecified atom stereocenters. The minimum atomic E-state index is -3.67. The van der Waals surface area contributed by atoms with Gasteiger partial charge in [0.15, 0.2) is 0 Å². The van der Waals surface area contributed by atoms with Crippen molar-refractivity contribution in [3.63, 3.8) is 0 Å². The fourth-order valence-corrected chi connectivity index (χ4v) is 0. The molecule has 0 rings (SSSR count). The first-order valence-electron chi connectivity index (χ1n) is 1.04. The van der Waals surface area contributed by atoms with E-state index in [2.05, 4.69) is 0 Å². The molecule has 0 atom stereocenters. The van der Waals surface area contributed by atoms with Crippen LogP contribution in [0.25, 0.3) is 0 Å². The normalized spacial score (nSPS) is 9.29. The average molecular weight is 223 g/mol. The van der Waals surface area contributed by atoms with Gasteiger partial charge >= 0.3 is 24.6 Å². The second kappa shape index (κ2) is 4.73. The van der Waals surface area contributed by atoms with Crippen LogP contribution in [0.4, 0.5) is 3.02 Å². The Morgan fingerprint density at radius 1 is 1.57 bits per heavy atom. The van der Waals surface area contributed by atoms with Gasteiger partial charge in [0.05, 0.1) is 6.26 Å². The molecule has 0 aliphatic carbocycles. The fraction of sp³-hybridized carbons (Fsp3) is 1.00. The van der Waals surface area contributed by atoms with Gasteiger partial charge in [0.2, 0.25) is 0 Å². The number of rotatable bonds is 0. The average Bonchev–Trinajstić information content (AvgIpc) is 1.36. The molecule has 0 saturated carbocycles. The molecule has 3 nitrogen and oxygen atoms in total. The molecular formula is CH4AgFO3S. The predicted octanol–water partition coefficient (Wildman–Crippen LogP) is -0.0783. The summed E-state index contributed by atoms with van der Waals surface area (Å²) < 4.78 is 35.2. The van der Waals surface area contributed by atoms with E-state index >= 15 is 0 Å². The van der Waals surface area contributed by atoms with Gasteiger partial charge in [-0.05, 0) is 0 Å². The van der Waals surface area contributed by atoms with E-state index in [0.717, 1.165) is 0 Å². The monoisotopic (exact) mass is 222 g/mol. The Hall–Kier alpha value is 0.580. The summed E-state index contributed by atoms with van der Waals surface area (Å²) >= 11 is 1.45. The van der Waals surface area contributed by atoms with Crippen molar-refractivity contribution in [1.29, 1.82) is 0 Å². The van der Waals surface area contributed by atoms with Crippen LogP contribution in [0.2, 0.25) is 0 Å². The molecule has 0 saturated heterocycles. The molecule has 0 aliphatic heterocycles. The van der Waals surface area contributed by atoms with Crippen molar-refractivity contribution in [1.82, 2.24) is 0 Å². The fourth-order valence-electron chi connectivity index (χ4n) is 0. The van der Waals surface area contributed by atoms with Gasteiger partial charge < -0.3 is 0 Å². The predicted molar refractivity (Wildman–Crippen MR) is 18.6 cm³/mol. The van der Waals surface area contributed by atoms with Crippen LogP contribution in [0.5, 0.6) is 0 Å². The molecule has 0 aromatic heterocycles. The van der Waals surface area contributed by atoms with E-state index in [4.69, 9.17) is 4.55 Å². The second-order valence-corrected chi connectivity index (χ2v) is 2.20. The Kier molecular flexibility index (Phi) is 7.13. The summed E-state index contributed by atoms with van der Waals surface area (Å²) in [5.41, 5.74) is 0. The van der Waals surface area contributed by atoms with E-state index in [0.29, 0.717) is 6.26 Å². The molecule has 0 aromatic rings. The molecule has 6 heteroatoms. The van der Waals surface area contributed by atoms with Crippen LogP contribution in [0.15, 0.2) is 0 Å². The molecule has 0 fully saturated rings. The molecule has 0 aliphatic rings. The van der Waals surface area contributed by atoms with Gasteiger partial charge in [-0.1, -0.05) is 0 Å². The van der Waals surface area contributed by atoms with Crippen molar-refractivity contribution in [2.45, 2.75) is 0 Å². The Morgan fingerprint density at radius 2 is 1.57 bits per heavy atom. The van der Waals surface area contributed by atoms with Gasteiger partial charge in [-0.3, -0.25) is 4.55 Å². The third-order valence-electron chi connectivity index (χ3n) is 0. The van der Waals surface area contributed by atoms with Crippen LogP contribution in [-0.4, -0.2) is 19.2 Å². The van der Waals surface area contributed by atoms with Gasteiger partial charge in [0.25, 0.3) is 10.1 Å². The summed E-state index contributed by atoms with van der Waals surface area (Å²) in [5.74, 6) is 0. The number of hydrogen-bond acceptors (Lipinski definition) is 2. The first-order valence-corrected chi connectivity index (χ1v) is 3.45. The van der Waals surface area contributed by atoms with Crippen LogP contribution < -0.4 is 0 Å². The van der Waals surface area contributed by atoms with E-state index < -0.39 is 10.1 Å². The third kappa shape index (κ3) is 410. The van der Waals surface area contributed by atoms with E-state index in [1.165, 1.54) is 21.6 Å². The summed E-state index contributed by atoms with van der Waals surface area (Å²) in [6.45, 7) is 0. The molecule has 7 heavy (non-hydrogen) atoms. The van der Waals surface area contributed by atoms with Gasteiger partial charge in [0.1, 0.15) is 0 Å². The van der Waals surface area contributed by atoms with Crippen LogP contribution in [0.1, 0.15) is 0 Å². The van der Waals surface area contributed by atoms with E-state index in [-0.39, 0.29) is 0 Å². The molecule has 0 heterocycles. The van der Waals surface area contributed by atoms with Crippen molar-refractivity contribution in [2.75, 3.05) is 6.26 Å². The molecule has 0 bridgehead atoms. The molecule has 0 radical (unpaired) electrons. The van der Waals surface area contributed by atoms with Gasteiger partial charge in [-0.15, -0.1) is 0 Å². The van der Waals surface area contributed by atoms with Gasteiger partial charge in [0, 0.05) is 0 Å². The van der Waals surface area contributed by atoms with Gasteiger partial charge in [-0.2, -0.15) is 8.42 Å². The van der Waals surface area contributed by atoms with Crippen molar-refractivity contribution in [2.24, 2.45) is 0 Å². The number of hydrogen-bond donors (Lipinski definition) is 1. The molecule has 0 spiro atoms. The first kappa shape index (κ1) is 10.5. The zero-order valence-electron chi connectivity index (χ0n) is 3.35. The maximum absolute atomic E-state index is 9.31. The summed E-state index contributed by atoms with van der Waals surface area (Å²) in [6, 6.07) is 0. The summed E-state index contributed by atoms with van der Waals surface area (Å²) in [6.07, 6.45) is 0.715. The quantitative estimate of drug-likeness (QED) is 0.461. The van der Waals surface area contributed by atoms with Crippen LogP contribution in [-0.2, 0) is 31.7 Å². The van der Waals surface area contributed by atoms with Crippen molar-refractivity contribution in [3.8, 4) is 0 Å². The second-order valence-electron chi connectivity index (χ2n) is 0.733. The minimum absolute atomic E-state index is 0.715. The first-order chi connectivity index (χ1) is 3.00. The standard InChI is InChI=1S/CH4O3S.Ag.FH/c1-5(2,3)4;;/h1H3,(H,2,3,4);;1H/q;+1;/p-1. The molecular weight excluding hydrogens is 219 g/mol. The van der Waals surface area contributed by atoms with Crippen LogP contribution in [0.3, 0.4) is 0 Å². The summed E-state index contributed by atoms with van der Waals surface area (Å²) in [4.78, 5) is 0. The summed E-state index contributed by atoms with van der Waals surface area (Å²) in [7, 11) is -3.67. The topological polar surface area (TPSA) is 54.4 Å². The van der Waals surface area contributed by atoms with Crippen LogP contribution >= 0.6 is 0 Å². The Morgan fingerprint density at radius 3 is 1.57 bits per heavy atom. The van der Waals surface area contributed by atoms with E-state index in [1.54, 1.807) is 0 Å².